The average Bonchev–Trinajstić information content (AvgIpc) is 2.56. The van der Waals surface area contributed by atoms with Gasteiger partial charge < -0.3 is 9.64 Å². The summed E-state index contributed by atoms with van der Waals surface area (Å²) in [7, 11) is 3.65. The Morgan fingerprint density at radius 3 is 2.79 bits per heavy atom. The monoisotopic (exact) mass is 253 g/mol. The second kappa shape index (κ2) is 4.43. The van der Waals surface area contributed by atoms with Crippen LogP contribution in [0.1, 0.15) is 10.4 Å². The number of methoxy groups -OCH3 is 1. The maximum atomic E-state index is 12.3. The van der Waals surface area contributed by atoms with Crippen LogP contribution in [0.25, 0.3) is 0 Å². The molecule has 1 aliphatic heterocycles. The SMILES string of the molecule is COC1=CC2C(=CC(=O)c3ccccc3N2C)C=C1. The second-order valence-electron chi connectivity index (χ2n) is 4.69. The van der Waals surface area contributed by atoms with E-state index in [1.54, 1.807) is 13.2 Å². The van der Waals surface area contributed by atoms with Crippen molar-refractivity contribution in [2.45, 2.75) is 6.04 Å². The van der Waals surface area contributed by atoms with Gasteiger partial charge in [0.15, 0.2) is 5.78 Å². The summed E-state index contributed by atoms with van der Waals surface area (Å²) in [6.07, 6.45) is 7.58. The lowest BCUT2D eigenvalue weighted by Crippen LogP contribution is -2.32. The maximum absolute atomic E-state index is 12.3. The number of anilines is 1. The molecule has 0 saturated carbocycles. The number of ether oxygens (including phenoxy) is 1. The van der Waals surface area contributed by atoms with Crippen molar-refractivity contribution in [2.75, 3.05) is 19.1 Å². The third kappa shape index (κ3) is 1.87. The lowest BCUT2D eigenvalue weighted by atomic mass is 9.99. The lowest BCUT2D eigenvalue weighted by molar-refractivity contribution is 0.104. The normalized spacial score (nSPS) is 21.1. The molecule has 1 heterocycles. The van der Waals surface area contributed by atoms with Crippen molar-refractivity contribution < 1.29 is 9.53 Å². The highest BCUT2D eigenvalue weighted by atomic mass is 16.5. The number of ketones is 1. The zero-order valence-corrected chi connectivity index (χ0v) is 11.0. The standard InChI is InChI=1S/C16H15NO2/c1-17-14-6-4-3-5-13(14)16(18)9-11-7-8-12(19-2)10-15(11)17/h3-10,15H,1-2H3. The molecular formula is C16H15NO2. The number of allylic oxidation sites excluding steroid dienone is 2. The first-order chi connectivity index (χ1) is 9.20. The first kappa shape index (κ1) is 11.8. The molecular weight excluding hydrogens is 238 g/mol. The van der Waals surface area contributed by atoms with Crippen LogP contribution in [0.5, 0.6) is 0 Å². The number of para-hydroxylation sites is 1. The van der Waals surface area contributed by atoms with Gasteiger partial charge in [-0.2, -0.15) is 0 Å². The molecule has 1 aromatic rings. The van der Waals surface area contributed by atoms with Gasteiger partial charge in [-0.3, -0.25) is 4.79 Å². The van der Waals surface area contributed by atoms with Crippen LogP contribution in [-0.4, -0.2) is 26.0 Å². The molecule has 0 amide bonds. The summed E-state index contributed by atoms with van der Waals surface area (Å²) < 4.78 is 5.28. The van der Waals surface area contributed by atoms with Crippen LogP contribution in [0, 0.1) is 0 Å². The van der Waals surface area contributed by atoms with Gasteiger partial charge in [-0.25, -0.2) is 0 Å². The quantitative estimate of drug-likeness (QED) is 0.770. The van der Waals surface area contributed by atoms with E-state index >= 15 is 0 Å². The van der Waals surface area contributed by atoms with Crippen LogP contribution in [0.15, 0.2) is 59.9 Å². The van der Waals surface area contributed by atoms with E-state index in [4.69, 9.17) is 4.74 Å². The molecule has 0 bridgehead atoms. The largest absolute Gasteiger partial charge is 0.497 e. The van der Waals surface area contributed by atoms with Gasteiger partial charge in [0.1, 0.15) is 5.76 Å². The van der Waals surface area contributed by atoms with Crippen LogP contribution in [0.2, 0.25) is 0 Å². The molecule has 3 nitrogen and oxygen atoms in total. The maximum Gasteiger partial charge on any atom is 0.188 e. The van der Waals surface area contributed by atoms with Crippen LogP contribution in [-0.2, 0) is 4.74 Å². The Labute approximate surface area is 112 Å². The summed E-state index contributed by atoms with van der Waals surface area (Å²) in [6, 6.07) is 7.72. The summed E-state index contributed by atoms with van der Waals surface area (Å²) in [4.78, 5) is 14.4. The highest BCUT2D eigenvalue weighted by Gasteiger charge is 2.27. The summed E-state index contributed by atoms with van der Waals surface area (Å²) in [5.41, 5.74) is 2.68. The highest BCUT2D eigenvalue weighted by Crippen LogP contribution is 2.31. The van der Waals surface area contributed by atoms with Crippen LogP contribution in [0.4, 0.5) is 5.69 Å². The van der Waals surface area contributed by atoms with E-state index in [0.717, 1.165) is 22.6 Å². The molecule has 3 heteroatoms. The number of benzene rings is 1. The number of rotatable bonds is 1. The number of carbonyl (C=O) groups excluding carboxylic acids is 1. The van der Waals surface area contributed by atoms with Gasteiger partial charge in [-0.15, -0.1) is 0 Å². The van der Waals surface area contributed by atoms with Crippen molar-refractivity contribution in [2.24, 2.45) is 0 Å². The van der Waals surface area contributed by atoms with E-state index in [-0.39, 0.29) is 11.8 Å². The summed E-state index contributed by atoms with van der Waals surface area (Å²) in [6.45, 7) is 0. The predicted octanol–water partition coefficient (Wildman–Crippen LogP) is 2.71. The van der Waals surface area contributed by atoms with E-state index < -0.39 is 0 Å². The van der Waals surface area contributed by atoms with Gasteiger partial charge in [0.05, 0.1) is 13.2 Å². The minimum absolute atomic E-state index is 0.0348. The molecule has 19 heavy (non-hydrogen) atoms. The summed E-state index contributed by atoms with van der Waals surface area (Å²) >= 11 is 0. The lowest BCUT2D eigenvalue weighted by Gasteiger charge is -2.30. The van der Waals surface area contributed by atoms with Crippen molar-refractivity contribution in [3.8, 4) is 0 Å². The molecule has 0 N–H and O–H groups in total. The van der Waals surface area contributed by atoms with Crippen molar-refractivity contribution >= 4 is 11.5 Å². The third-order valence-electron chi connectivity index (χ3n) is 3.60. The Morgan fingerprint density at radius 1 is 1.21 bits per heavy atom. The fourth-order valence-electron chi connectivity index (χ4n) is 2.56. The Bertz CT molecular complexity index is 625. The molecule has 1 unspecified atom stereocenters. The molecule has 3 rings (SSSR count). The predicted molar refractivity (Wildman–Crippen MR) is 75.3 cm³/mol. The fraction of sp³-hybridized carbons (Fsp3) is 0.188. The molecule has 0 saturated heterocycles. The number of likely N-dealkylation sites (N-methyl/N-ethyl adjacent to an activating group) is 1. The smallest absolute Gasteiger partial charge is 0.188 e. The van der Waals surface area contributed by atoms with E-state index in [2.05, 4.69) is 4.90 Å². The number of carbonyl (C=O) groups is 1. The first-order valence-electron chi connectivity index (χ1n) is 6.22. The minimum Gasteiger partial charge on any atom is -0.497 e. The van der Waals surface area contributed by atoms with Gasteiger partial charge in [-0.05, 0) is 35.9 Å². The summed E-state index contributed by atoms with van der Waals surface area (Å²) in [5, 5.41) is 0. The van der Waals surface area contributed by atoms with Gasteiger partial charge >= 0.3 is 0 Å². The third-order valence-corrected chi connectivity index (χ3v) is 3.60. The Kier molecular flexibility index (Phi) is 2.75. The molecule has 96 valence electrons. The summed E-state index contributed by atoms with van der Waals surface area (Å²) in [5.74, 6) is 0.875. The molecule has 0 radical (unpaired) electrons. The zero-order chi connectivity index (χ0) is 13.4. The van der Waals surface area contributed by atoms with Crippen molar-refractivity contribution in [3.05, 3.63) is 65.5 Å². The molecule has 1 atom stereocenters. The molecule has 1 aliphatic carbocycles. The van der Waals surface area contributed by atoms with Crippen LogP contribution >= 0.6 is 0 Å². The molecule has 0 aromatic heterocycles. The van der Waals surface area contributed by atoms with E-state index in [1.165, 1.54) is 0 Å². The van der Waals surface area contributed by atoms with Crippen molar-refractivity contribution in [1.29, 1.82) is 0 Å². The van der Waals surface area contributed by atoms with Gasteiger partial charge in [0, 0.05) is 18.3 Å². The van der Waals surface area contributed by atoms with Gasteiger partial charge in [0.25, 0.3) is 0 Å². The molecule has 2 aliphatic rings. The first-order valence-corrected chi connectivity index (χ1v) is 6.22. The Hall–Kier alpha value is -2.29. The fourth-order valence-corrected chi connectivity index (χ4v) is 2.56. The molecule has 0 spiro atoms. The number of hydrogen-bond acceptors (Lipinski definition) is 3. The van der Waals surface area contributed by atoms with Gasteiger partial charge in [0.2, 0.25) is 0 Å². The Balaban J connectivity index is 2.15. The average molecular weight is 253 g/mol. The highest BCUT2D eigenvalue weighted by molar-refractivity contribution is 6.10. The van der Waals surface area contributed by atoms with E-state index in [9.17, 15) is 4.79 Å². The molecule has 0 fully saturated rings. The van der Waals surface area contributed by atoms with Crippen LogP contribution in [0.3, 0.4) is 0 Å². The van der Waals surface area contributed by atoms with Crippen molar-refractivity contribution in [1.82, 2.24) is 0 Å². The number of hydrogen-bond donors (Lipinski definition) is 0. The topological polar surface area (TPSA) is 29.5 Å². The molecule has 1 aromatic carbocycles. The van der Waals surface area contributed by atoms with E-state index in [0.29, 0.717) is 0 Å². The number of fused-ring (bicyclic) bond motifs is 2. The minimum atomic E-state index is 0.0348. The van der Waals surface area contributed by atoms with E-state index in [1.807, 2.05) is 49.5 Å². The van der Waals surface area contributed by atoms with Gasteiger partial charge in [-0.1, -0.05) is 18.2 Å². The van der Waals surface area contributed by atoms with Crippen molar-refractivity contribution in [3.63, 3.8) is 0 Å². The van der Waals surface area contributed by atoms with Crippen LogP contribution < -0.4 is 4.90 Å². The zero-order valence-electron chi connectivity index (χ0n) is 11.0. The second-order valence-corrected chi connectivity index (χ2v) is 4.69. The number of nitrogens with zero attached hydrogens (tertiary/aromatic N) is 1. The Morgan fingerprint density at radius 2 is 2.00 bits per heavy atom.